The Hall–Kier alpha value is -1.44. The average Bonchev–Trinajstić information content (AvgIpc) is 2.37. The second-order valence-corrected chi connectivity index (χ2v) is 6.65. The summed E-state index contributed by atoms with van der Waals surface area (Å²) in [6.45, 7) is 5.81. The highest BCUT2D eigenvalue weighted by molar-refractivity contribution is 7.89. The van der Waals surface area contributed by atoms with Crippen LogP contribution in [0.5, 0.6) is 0 Å². The van der Waals surface area contributed by atoms with E-state index in [-0.39, 0.29) is 22.4 Å². The minimum absolute atomic E-state index is 0.0165. The van der Waals surface area contributed by atoms with Crippen molar-refractivity contribution in [1.29, 1.82) is 0 Å². The number of nitrogens with one attached hydrogen (secondary N) is 1. The highest BCUT2D eigenvalue weighted by atomic mass is 32.2. The van der Waals surface area contributed by atoms with Gasteiger partial charge in [0.05, 0.1) is 4.90 Å². The molecule has 0 radical (unpaired) electrons. The van der Waals surface area contributed by atoms with E-state index in [0.717, 1.165) is 0 Å². The van der Waals surface area contributed by atoms with Gasteiger partial charge in [0.1, 0.15) is 0 Å². The van der Waals surface area contributed by atoms with Gasteiger partial charge in [-0.25, -0.2) is 13.6 Å². The van der Waals surface area contributed by atoms with Crippen LogP contribution in [0, 0.1) is 13.8 Å². The number of hydrogen-bond acceptors (Lipinski definition) is 4. The first kappa shape index (κ1) is 17.6. The monoisotopic (exact) mass is 314 g/mol. The molecule has 3 N–H and O–H groups in total. The molecule has 0 aromatic heterocycles. The summed E-state index contributed by atoms with van der Waals surface area (Å²) in [5.74, 6) is -0.327. The molecule has 21 heavy (non-hydrogen) atoms. The minimum atomic E-state index is -3.85. The van der Waals surface area contributed by atoms with Crippen LogP contribution < -0.4 is 10.5 Å². The Morgan fingerprint density at radius 2 is 2.00 bits per heavy atom. The maximum Gasteiger partial charge on any atom is 0.251 e. The summed E-state index contributed by atoms with van der Waals surface area (Å²) < 4.78 is 28.1. The summed E-state index contributed by atoms with van der Waals surface area (Å²) in [6, 6.07) is 2.90. The van der Waals surface area contributed by atoms with E-state index in [1.165, 1.54) is 6.07 Å². The molecular weight excluding hydrogens is 292 g/mol. The summed E-state index contributed by atoms with van der Waals surface area (Å²) in [5, 5.41) is 7.99. The molecular formula is C14H22N2O4S. The van der Waals surface area contributed by atoms with Crippen molar-refractivity contribution in [2.75, 3.05) is 13.7 Å². The van der Waals surface area contributed by atoms with Crippen molar-refractivity contribution in [2.45, 2.75) is 38.1 Å². The molecule has 0 aliphatic rings. The molecule has 6 nitrogen and oxygen atoms in total. The molecule has 7 heteroatoms. The van der Waals surface area contributed by atoms with Gasteiger partial charge in [-0.05, 0) is 50.5 Å². The van der Waals surface area contributed by atoms with Gasteiger partial charge in [-0.3, -0.25) is 4.79 Å². The molecule has 0 saturated carbocycles. The molecule has 1 amide bonds. The first-order chi connectivity index (χ1) is 9.66. The van der Waals surface area contributed by atoms with Crippen molar-refractivity contribution in [3.8, 4) is 0 Å². The number of rotatable bonds is 6. The van der Waals surface area contributed by atoms with Gasteiger partial charge in [0.2, 0.25) is 10.0 Å². The van der Waals surface area contributed by atoms with Crippen LogP contribution in [0.15, 0.2) is 17.0 Å². The minimum Gasteiger partial charge on any atom is -0.385 e. The largest absolute Gasteiger partial charge is 0.385 e. The first-order valence-electron chi connectivity index (χ1n) is 6.60. The summed E-state index contributed by atoms with van der Waals surface area (Å²) in [5.41, 5.74) is 1.55. The molecule has 0 aliphatic heterocycles. The number of ether oxygens (including phenoxy) is 1. The van der Waals surface area contributed by atoms with Gasteiger partial charge in [0, 0.05) is 25.3 Å². The number of hydrogen-bond donors (Lipinski definition) is 2. The van der Waals surface area contributed by atoms with E-state index in [2.05, 4.69) is 5.32 Å². The first-order valence-corrected chi connectivity index (χ1v) is 8.15. The fraction of sp³-hybridized carbons (Fsp3) is 0.500. The van der Waals surface area contributed by atoms with E-state index in [1.54, 1.807) is 27.0 Å². The zero-order chi connectivity index (χ0) is 16.2. The maximum absolute atomic E-state index is 12.2. The second-order valence-electron chi connectivity index (χ2n) is 5.12. The molecule has 1 rings (SSSR count). The van der Waals surface area contributed by atoms with Crippen molar-refractivity contribution in [1.82, 2.24) is 5.32 Å². The van der Waals surface area contributed by atoms with E-state index in [9.17, 15) is 13.2 Å². The number of methoxy groups -OCH3 is 1. The molecule has 1 atom stereocenters. The Balaban J connectivity index is 3.04. The summed E-state index contributed by atoms with van der Waals surface area (Å²) in [4.78, 5) is 12.2. The van der Waals surface area contributed by atoms with Crippen molar-refractivity contribution in [3.63, 3.8) is 0 Å². The van der Waals surface area contributed by atoms with Gasteiger partial charge in [0.25, 0.3) is 5.91 Å². The number of aryl methyl sites for hydroxylation is 1. The van der Waals surface area contributed by atoms with Crippen LogP contribution in [0.2, 0.25) is 0 Å². The molecule has 1 aromatic rings. The van der Waals surface area contributed by atoms with Crippen LogP contribution in [-0.2, 0) is 14.8 Å². The number of sulfonamides is 1. The van der Waals surface area contributed by atoms with E-state index < -0.39 is 10.0 Å². The fourth-order valence-electron chi connectivity index (χ4n) is 1.93. The Labute approximate surface area is 125 Å². The smallest absolute Gasteiger partial charge is 0.251 e. The van der Waals surface area contributed by atoms with E-state index in [4.69, 9.17) is 9.88 Å². The zero-order valence-electron chi connectivity index (χ0n) is 12.8. The van der Waals surface area contributed by atoms with Crippen LogP contribution >= 0.6 is 0 Å². The molecule has 0 heterocycles. The molecule has 0 bridgehead atoms. The van der Waals surface area contributed by atoms with Crippen LogP contribution in [0.4, 0.5) is 0 Å². The summed E-state index contributed by atoms with van der Waals surface area (Å²) in [7, 11) is -2.26. The van der Waals surface area contributed by atoms with Crippen LogP contribution in [0.1, 0.15) is 34.8 Å². The van der Waals surface area contributed by atoms with Crippen LogP contribution in [-0.4, -0.2) is 34.1 Å². The van der Waals surface area contributed by atoms with Crippen molar-refractivity contribution >= 4 is 15.9 Å². The number of nitrogens with two attached hydrogens (primary N) is 1. The Bertz CT molecular complexity index is 626. The molecule has 0 aliphatic carbocycles. The fourth-order valence-corrected chi connectivity index (χ4v) is 2.81. The van der Waals surface area contributed by atoms with Gasteiger partial charge in [-0.15, -0.1) is 0 Å². The third-order valence-corrected chi connectivity index (χ3v) is 4.36. The average molecular weight is 314 g/mol. The highest BCUT2D eigenvalue weighted by Crippen LogP contribution is 2.20. The third-order valence-electron chi connectivity index (χ3n) is 3.32. The predicted molar refractivity (Wildman–Crippen MR) is 80.7 cm³/mol. The lowest BCUT2D eigenvalue weighted by Crippen LogP contribution is -2.33. The van der Waals surface area contributed by atoms with Crippen molar-refractivity contribution < 1.29 is 17.9 Å². The Morgan fingerprint density at radius 1 is 1.38 bits per heavy atom. The number of primary sulfonamides is 1. The van der Waals surface area contributed by atoms with E-state index in [1.807, 2.05) is 6.92 Å². The van der Waals surface area contributed by atoms with Gasteiger partial charge in [-0.1, -0.05) is 0 Å². The lowest BCUT2D eigenvalue weighted by atomic mass is 10.1. The van der Waals surface area contributed by atoms with Crippen LogP contribution in [0.3, 0.4) is 0 Å². The lowest BCUT2D eigenvalue weighted by Gasteiger charge is -2.15. The number of carbonyl (C=O) groups excluding carboxylic acids is 1. The third kappa shape index (κ3) is 4.80. The molecule has 1 aromatic carbocycles. The zero-order valence-corrected chi connectivity index (χ0v) is 13.6. The topological polar surface area (TPSA) is 98.5 Å². The molecule has 0 spiro atoms. The summed E-state index contributed by atoms with van der Waals surface area (Å²) in [6.07, 6.45) is 0.676. The summed E-state index contributed by atoms with van der Waals surface area (Å²) >= 11 is 0. The second kappa shape index (κ2) is 7.02. The van der Waals surface area contributed by atoms with Gasteiger partial charge in [-0.2, -0.15) is 0 Å². The number of carbonyl (C=O) groups is 1. The molecule has 0 saturated heterocycles. The Morgan fingerprint density at radius 3 is 2.52 bits per heavy atom. The maximum atomic E-state index is 12.2. The van der Waals surface area contributed by atoms with Gasteiger partial charge < -0.3 is 10.1 Å². The molecule has 1 unspecified atom stereocenters. The number of amides is 1. The predicted octanol–water partition coefficient (Wildman–Crippen LogP) is 1.11. The van der Waals surface area contributed by atoms with Crippen molar-refractivity contribution in [2.24, 2.45) is 5.14 Å². The van der Waals surface area contributed by atoms with Crippen molar-refractivity contribution in [3.05, 3.63) is 28.8 Å². The van der Waals surface area contributed by atoms with Gasteiger partial charge >= 0.3 is 0 Å². The normalized spacial score (nSPS) is 13.0. The number of benzene rings is 1. The van der Waals surface area contributed by atoms with Crippen LogP contribution in [0.25, 0.3) is 0 Å². The van der Waals surface area contributed by atoms with E-state index in [0.29, 0.717) is 24.2 Å². The molecule has 0 fully saturated rings. The lowest BCUT2D eigenvalue weighted by molar-refractivity contribution is 0.0929. The standard InChI is InChI=1S/C14H22N2O4S/c1-9-7-12(8-13(11(9)3)21(15,18)19)14(17)16-10(2)5-6-20-4/h7-8,10H,5-6H2,1-4H3,(H,16,17)(H2,15,18,19). The van der Waals surface area contributed by atoms with Gasteiger partial charge in [0.15, 0.2) is 0 Å². The highest BCUT2D eigenvalue weighted by Gasteiger charge is 2.18. The SMILES string of the molecule is COCCC(C)NC(=O)c1cc(C)c(C)c(S(N)(=O)=O)c1. The quantitative estimate of drug-likeness (QED) is 0.821. The van der Waals surface area contributed by atoms with E-state index >= 15 is 0 Å². The molecule has 118 valence electrons. The Kier molecular flexibility index (Phi) is 5.88.